The number of nitrogens with zero attached hydrogens (tertiary/aromatic N) is 4. The van der Waals surface area contributed by atoms with Gasteiger partial charge in [0.1, 0.15) is 22.1 Å². The largest absolute Gasteiger partial charge is 0.493 e. The maximum absolute atomic E-state index is 15.0. The lowest BCUT2D eigenvalue weighted by atomic mass is 9.67. The molecule has 1 saturated carbocycles. The van der Waals surface area contributed by atoms with E-state index in [9.17, 15) is 46.3 Å². The lowest BCUT2D eigenvalue weighted by Gasteiger charge is -2.51. The number of carboxylic acids is 1. The fourth-order valence-electron chi connectivity index (χ4n) is 8.39. The highest BCUT2D eigenvalue weighted by molar-refractivity contribution is 7.10. The van der Waals surface area contributed by atoms with Gasteiger partial charge in [0, 0.05) is 49.3 Å². The van der Waals surface area contributed by atoms with Gasteiger partial charge in [-0.05, 0) is 63.1 Å². The van der Waals surface area contributed by atoms with E-state index in [-0.39, 0.29) is 64.1 Å². The number of amides is 2. The molecule has 0 unspecified atom stereocenters. The molecule has 6 rings (SSSR count). The predicted octanol–water partition coefficient (Wildman–Crippen LogP) is 8.51. The first-order chi connectivity index (χ1) is 27.0. The fourth-order valence-corrected chi connectivity index (χ4v) is 9.07. The molecule has 2 amide bonds. The molecule has 0 radical (unpaired) electrons. The molecule has 2 atom stereocenters. The fraction of sp³-hybridized carbons (Fsp3) is 0.525. The number of aliphatic carboxylic acids is 1. The highest BCUT2D eigenvalue weighted by Crippen LogP contribution is 2.47. The molecule has 0 bridgehead atoms. The summed E-state index contributed by atoms with van der Waals surface area (Å²) in [5.41, 5.74) is -5.55. The van der Waals surface area contributed by atoms with Crippen LogP contribution in [0, 0.1) is 16.7 Å². The number of thiophene rings is 1. The quantitative estimate of drug-likeness (QED) is 0.180. The molecular weight excluding hydrogens is 779 g/mol. The Morgan fingerprint density at radius 2 is 1.70 bits per heavy atom. The van der Waals surface area contributed by atoms with Crippen molar-refractivity contribution < 1.29 is 55.3 Å². The molecule has 2 saturated heterocycles. The summed E-state index contributed by atoms with van der Waals surface area (Å²) >= 11 is 0.361. The van der Waals surface area contributed by atoms with Crippen LogP contribution in [0.4, 0.5) is 26.3 Å². The maximum atomic E-state index is 15.0. The Hall–Kier alpha value is -4.85. The number of piperidine rings is 2. The summed E-state index contributed by atoms with van der Waals surface area (Å²) in [5, 5.41) is 21.5. The Bertz CT molecular complexity index is 2000. The number of nitriles is 1. The number of hydrogen-bond donors (Lipinski definition) is 1. The number of rotatable bonds is 12. The molecule has 57 heavy (non-hydrogen) atoms. The maximum Gasteiger partial charge on any atom is 0.425 e. The van der Waals surface area contributed by atoms with Crippen LogP contribution in [0.3, 0.4) is 0 Å². The van der Waals surface area contributed by atoms with Crippen LogP contribution in [-0.4, -0.2) is 75.6 Å². The molecule has 306 valence electrons. The van der Waals surface area contributed by atoms with Crippen molar-refractivity contribution in [1.29, 1.82) is 5.26 Å². The Balaban J connectivity index is 1.31. The number of halogens is 6. The van der Waals surface area contributed by atoms with E-state index in [0.29, 0.717) is 48.3 Å². The summed E-state index contributed by atoms with van der Waals surface area (Å²) in [6.45, 7) is 1.80. The summed E-state index contributed by atoms with van der Waals surface area (Å²) in [6, 6.07) is 10.7. The predicted molar refractivity (Wildman–Crippen MR) is 194 cm³/mol. The first-order valence-corrected chi connectivity index (χ1v) is 19.7. The number of hydrogen-bond acceptors (Lipinski definition) is 8. The molecule has 1 N–H and O–H groups in total. The minimum Gasteiger partial charge on any atom is -0.493 e. The van der Waals surface area contributed by atoms with Gasteiger partial charge in [0.25, 0.3) is 11.8 Å². The molecule has 3 fully saturated rings. The number of carbonyl (C=O) groups excluding carboxylic acids is 2. The highest BCUT2D eigenvalue weighted by atomic mass is 32.1. The number of pyridine rings is 1. The molecule has 2 aliphatic heterocycles. The summed E-state index contributed by atoms with van der Waals surface area (Å²) in [4.78, 5) is 46.4. The number of benzene rings is 1. The van der Waals surface area contributed by atoms with Crippen LogP contribution in [0.1, 0.15) is 97.6 Å². The van der Waals surface area contributed by atoms with E-state index >= 15 is 4.79 Å². The number of carbonyl (C=O) groups is 3. The van der Waals surface area contributed by atoms with Gasteiger partial charge in [-0.15, -0.1) is 11.3 Å². The average Bonchev–Trinajstić information content (AvgIpc) is 3.65. The SMILES string of the molecule is CCC[C@H]1N(C(=O)c2ncccc2C(F)(F)F)CCC[C@@]1(Oc1csc(C(F)(F)F)c1)C(=O)N1CCC(C#N)(c2ccccc2OCCC2(C(=O)O)CCC2)CC1. The highest BCUT2D eigenvalue weighted by Gasteiger charge is 2.57. The van der Waals surface area contributed by atoms with Crippen LogP contribution in [-0.2, 0) is 27.4 Å². The van der Waals surface area contributed by atoms with Crippen LogP contribution in [0.15, 0.2) is 54.0 Å². The summed E-state index contributed by atoms with van der Waals surface area (Å²) in [6.07, 6.45) is -5.70. The number of para-hydroxylation sites is 1. The molecule has 1 aromatic carbocycles. The van der Waals surface area contributed by atoms with Crippen LogP contribution in [0.2, 0.25) is 0 Å². The van der Waals surface area contributed by atoms with Crippen molar-refractivity contribution in [3.05, 3.63) is 75.7 Å². The van der Waals surface area contributed by atoms with E-state index in [0.717, 1.165) is 41.1 Å². The first-order valence-electron chi connectivity index (χ1n) is 18.8. The molecular formula is C40H42F6N4O6S. The third-order valence-electron chi connectivity index (χ3n) is 11.6. The second-order valence-electron chi connectivity index (χ2n) is 15.0. The lowest BCUT2D eigenvalue weighted by molar-refractivity contribution is -0.161. The molecule has 17 heteroatoms. The van der Waals surface area contributed by atoms with Crippen molar-refractivity contribution in [2.24, 2.45) is 5.41 Å². The van der Waals surface area contributed by atoms with Crippen molar-refractivity contribution >= 4 is 29.1 Å². The van der Waals surface area contributed by atoms with E-state index in [4.69, 9.17) is 9.47 Å². The summed E-state index contributed by atoms with van der Waals surface area (Å²) in [7, 11) is 0. The van der Waals surface area contributed by atoms with Crippen molar-refractivity contribution in [3.63, 3.8) is 0 Å². The Morgan fingerprint density at radius 3 is 2.30 bits per heavy atom. The van der Waals surface area contributed by atoms with Crippen molar-refractivity contribution in [1.82, 2.24) is 14.8 Å². The van der Waals surface area contributed by atoms with Crippen LogP contribution < -0.4 is 9.47 Å². The number of likely N-dealkylation sites (tertiary alicyclic amines) is 2. The van der Waals surface area contributed by atoms with Crippen molar-refractivity contribution in [3.8, 4) is 17.6 Å². The minimum absolute atomic E-state index is 0.00332. The molecule has 10 nitrogen and oxygen atoms in total. The van der Waals surface area contributed by atoms with Gasteiger partial charge in [-0.3, -0.25) is 19.4 Å². The van der Waals surface area contributed by atoms with Crippen molar-refractivity contribution in [2.45, 2.75) is 101 Å². The third kappa shape index (κ3) is 8.15. The lowest BCUT2D eigenvalue weighted by Crippen LogP contribution is -2.68. The molecule has 0 spiro atoms. The summed E-state index contributed by atoms with van der Waals surface area (Å²) < 4.78 is 95.9. The monoisotopic (exact) mass is 820 g/mol. The smallest absolute Gasteiger partial charge is 0.425 e. The zero-order chi connectivity index (χ0) is 41.2. The Morgan fingerprint density at radius 1 is 0.982 bits per heavy atom. The van der Waals surface area contributed by atoms with Crippen LogP contribution in [0.25, 0.3) is 0 Å². The molecule has 3 aromatic rings. The van der Waals surface area contributed by atoms with Gasteiger partial charge >= 0.3 is 18.3 Å². The third-order valence-corrected chi connectivity index (χ3v) is 12.6. The first kappa shape index (κ1) is 41.8. The normalized spacial score (nSPS) is 21.9. The van der Waals surface area contributed by atoms with Gasteiger partial charge in [0.2, 0.25) is 5.60 Å². The van der Waals surface area contributed by atoms with Gasteiger partial charge in [0.15, 0.2) is 0 Å². The van der Waals surface area contributed by atoms with Crippen molar-refractivity contribution in [2.75, 3.05) is 26.2 Å². The van der Waals surface area contributed by atoms with Gasteiger partial charge in [0.05, 0.1) is 35.1 Å². The number of alkyl halides is 6. The number of ether oxygens (including phenoxy) is 2. The molecule has 2 aromatic heterocycles. The molecule has 1 aliphatic carbocycles. The number of aromatic nitrogens is 1. The van der Waals surface area contributed by atoms with E-state index in [2.05, 4.69) is 11.1 Å². The van der Waals surface area contributed by atoms with E-state index in [1.165, 1.54) is 4.90 Å². The second-order valence-corrected chi connectivity index (χ2v) is 15.9. The standard InChI is InChI=1S/C40H42F6N4O6S/c1-2-8-30-38(56-26-23-31(57-24-26)40(44,45)46,14-7-19-50(30)33(51)32-28(39(41,42)43)10-5-18-48-32)34(52)49-20-15-37(25-47,16-21-49)27-9-3-4-11-29(27)55-22-17-36(35(53)54)12-6-13-36/h3-5,9-11,18,23-24,30H,2,6-8,12-17,19-22H2,1H3,(H,53,54)/t30-,38+/m1/s1. The minimum atomic E-state index is -4.93. The van der Waals surface area contributed by atoms with Gasteiger partial charge in [-0.25, -0.2) is 0 Å². The zero-order valence-electron chi connectivity index (χ0n) is 31.1. The second kappa shape index (κ2) is 16.2. The van der Waals surface area contributed by atoms with Crippen LogP contribution in [0.5, 0.6) is 11.5 Å². The molecule has 3 aliphatic rings. The van der Waals surface area contributed by atoms with Gasteiger partial charge in [-0.1, -0.05) is 38.0 Å². The molecule has 4 heterocycles. The van der Waals surface area contributed by atoms with E-state index < -0.39 is 68.7 Å². The topological polar surface area (TPSA) is 133 Å². The van der Waals surface area contributed by atoms with Gasteiger partial charge < -0.3 is 24.4 Å². The Labute approximate surface area is 329 Å². The van der Waals surface area contributed by atoms with E-state index in [1.807, 2.05) is 0 Å². The Kier molecular flexibility index (Phi) is 11.9. The zero-order valence-corrected chi connectivity index (χ0v) is 31.9. The van der Waals surface area contributed by atoms with Gasteiger partial charge in [-0.2, -0.15) is 31.6 Å². The summed E-state index contributed by atoms with van der Waals surface area (Å²) in [5.74, 6) is -2.48. The number of carboxylic acid groups (broad SMARTS) is 1. The average molecular weight is 821 g/mol. The van der Waals surface area contributed by atoms with E-state index in [1.54, 1.807) is 31.2 Å². The van der Waals surface area contributed by atoms with Crippen LogP contribution >= 0.6 is 11.3 Å².